The summed E-state index contributed by atoms with van der Waals surface area (Å²) in [6, 6.07) is 35.2. The molecule has 35 heavy (non-hydrogen) atoms. The number of carboxylic acid groups (broad SMARTS) is 1. The van der Waals surface area contributed by atoms with Gasteiger partial charge in [0.1, 0.15) is 0 Å². The maximum absolute atomic E-state index is 12.1. The average molecular weight is 464 g/mol. The van der Waals surface area contributed by atoms with Crippen LogP contribution in [-0.2, 0) is 11.3 Å². The second-order valence-corrected chi connectivity index (χ2v) is 9.28. The third-order valence-corrected chi connectivity index (χ3v) is 6.87. The summed E-state index contributed by atoms with van der Waals surface area (Å²) in [4.78, 5) is 14.4. The zero-order valence-corrected chi connectivity index (χ0v) is 20.7. The van der Waals surface area contributed by atoms with Crippen molar-refractivity contribution in [2.45, 2.75) is 45.8 Å². The van der Waals surface area contributed by atoms with E-state index in [0.717, 1.165) is 22.3 Å². The van der Waals surface area contributed by atoms with E-state index in [-0.39, 0.29) is 18.5 Å². The van der Waals surface area contributed by atoms with Crippen molar-refractivity contribution in [3.05, 3.63) is 131 Å². The number of rotatable bonds is 9. The molecule has 0 aliphatic rings. The molecule has 4 rings (SSSR count). The number of hydrogen-bond donors (Lipinski definition) is 1. The number of hydrogen-bond acceptors (Lipinski definition) is 2. The Balaban J connectivity index is 1.78. The molecule has 0 saturated carbocycles. The van der Waals surface area contributed by atoms with Crippen molar-refractivity contribution in [2.24, 2.45) is 0 Å². The van der Waals surface area contributed by atoms with Crippen molar-refractivity contribution in [2.75, 3.05) is 0 Å². The lowest BCUT2D eigenvalue weighted by Crippen LogP contribution is -2.32. The van der Waals surface area contributed by atoms with E-state index in [4.69, 9.17) is 0 Å². The standard InChI is InChI=1S/C32H33NO2/c1-23-17-18-29(19-24(23)2)28-15-10-16-30(20-28)31(21-32(34)35)33(22-26-11-6-4-7-12-26)25(3)27-13-8-5-9-14-27/h4-20,25,31H,21-22H2,1-3H3,(H,34,35)/t25-,31+/m1/s1. The van der Waals surface area contributed by atoms with Gasteiger partial charge in [-0.05, 0) is 65.8 Å². The van der Waals surface area contributed by atoms with Crippen LogP contribution >= 0.6 is 0 Å². The fourth-order valence-electron chi connectivity index (χ4n) is 4.67. The molecule has 0 unspecified atom stereocenters. The van der Waals surface area contributed by atoms with Gasteiger partial charge in [-0.2, -0.15) is 0 Å². The number of aryl methyl sites for hydroxylation is 2. The molecule has 0 saturated heterocycles. The molecule has 2 atom stereocenters. The van der Waals surface area contributed by atoms with Crippen LogP contribution in [0.2, 0.25) is 0 Å². The monoisotopic (exact) mass is 463 g/mol. The molecule has 0 aliphatic carbocycles. The highest BCUT2D eigenvalue weighted by molar-refractivity contribution is 5.69. The van der Waals surface area contributed by atoms with Crippen LogP contribution in [0.1, 0.15) is 53.2 Å². The quantitative estimate of drug-likeness (QED) is 0.276. The summed E-state index contributed by atoms with van der Waals surface area (Å²) in [6.07, 6.45) is 0.0282. The van der Waals surface area contributed by atoms with Gasteiger partial charge in [0, 0.05) is 18.6 Å². The zero-order valence-electron chi connectivity index (χ0n) is 20.7. The molecule has 0 bridgehead atoms. The SMILES string of the molecule is Cc1ccc(-c2cccc([C@H](CC(=O)O)N(Cc3ccccc3)[C@H](C)c3ccccc3)c2)cc1C. The van der Waals surface area contributed by atoms with E-state index in [2.05, 4.69) is 86.3 Å². The third-order valence-electron chi connectivity index (χ3n) is 6.87. The molecule has 0 spiro atoms. The summed E-state index contributed by atoms with van der Waals surface area (Å²) in [7, 11) is 0. The molecule has 4 aromatic rings. The Morgan fingerprint density at radius 1 is 0.743 bits per heavy atom. The molecule has 4 aromatic carbocycles. The predicted octanol–water partition coefficient (Wildman–Crippen LogP) is 7.75. The number of carbonyl (C=O) groups is 1. The van der Waals surface area contributed by atoms with Crippen LogP contribution in [0.25, 0.3) is 11.1 Å². The summed E-state index contributed by atoms with van der Waals surface area (Å²) in [5.41, 5.74) is 8.11. The van der Waals surface area contributed by atoms with Gasteiger partial charge in [-0.25, -0.2) is 0 Å². The van der Waals surface area contributed by atoms with Gasteiger partial charge in [-0.15, -0.1) is 0 Å². The number of carboxylic acids is 1. The Kier molecular flexibility index (Phi) is 7.79. The summed E-state index contributed by atoms with van der Waals surface area (Å²) in [5.74, 6) is -0.801. The molecule has 1 N–H and O–H groups in total. The van der Waals surface area contributed by atoms with E-state index in [1.807, 2.05) is 42.5 Å². The van der Waals surface area contributed by atoms with E-state index in [0.29, 0.717) is 6.54 Å². The lowest BCUT2D eigenvalue weighted by molar-refractivity contribution is -0.138. The Labute approximate surface area is 208 Å². The normalized spacial score (nSPS) is 12.9. The fourth-order valence-corrected chi connectivity index (χ4v) is 4.67. The minimum atomic E-state index is -0.801. The topological polar surface area (TPSA) is 40.5 Å². The van der Waals surface area contributed by atoms with Gasteiger partial charge < -0.3 is 5.11 Å². The van der Waals surface area contributed by atoms with Crippen molar-refractivity contribution in [1.82, 2.24) is 4.90 Å². The second-order valence-electron chi connectivity index (χ2n) is 9.28. The molecule has 3 heteroatoms. The van der Waals surface area contributed by atoms with Crippen LogP contribution in [0, 0.1) is 13.8 Å². The molecular formula is C32H33NO2. The first-order valence-electron chi connectivity index (χ1n) is 12.2. The second kappa shape index (κ2) is 11.2. The maximum atomic E-state index is 12.1. The summed E-state index contributed by atoms with van der Waals surface area (Å²) < 4.78 is 0. The Morgan fingerprint density at radius 3 is 2.03 bits per heavy atom. The van der Waals surface area contributed by atoms with Crippen molar-refractivity contribution < 1.29 is 9.90 Å². The van der Waals surface area contributed by atoms with Crippen LogP contribution in [0.5, 0.6) is 0 Å². The van der Waals surface area contributed by atoms with Crippen LogP contribution in [0.4, 0.5) is 0 Å². The maximum Gasteiger partial charge on any atom is 0.305 e. The van der Waals surface area contributed by atoms with Gasteiger partial charge in [0.25, 0.3) is 0 Å². The molecule has 0 aliphatic heterocycles. The van der Waals surface area contributed by atoms with E-state index >= 15 is 0 Å². The summed E-state index contributed by atoms with van der Waals surface area (Å²) in [6.45, 7) is 7.06. The van der Waals surface area contributed by atoms with Gasteiger partial charge in [0.2, 0.25) is 0 Å². The first-order chi connectivity index (χ1) is 16.9. The molecule has 0 amide bonds. The van der Waals surface area contributed by atoms with E-state index in [9.17, 15) is 9.90 Å². The van der Waals surface area contributed by atoms with Gasteiger partial charge >= 0.3 is 5.97 Å². The smallest absolute Gasteiger partial charge is 0.305 e. The van der Waals surface area contributed by atoms with Crippen LogP contribution in [0.3, 0.4) is 0 Å². The van der Waals surface area contributed by atoms with E-state index in [1.165, 1.54) is 16.7 Å². The summed E-state index contributed by atoms with van der Waals surface area (Å²) >= 11 is 0. The molecular weight excluding hydrogens is 430 g/mol. The molecule has 178 valence electrons. The molecule has 0 aromatic heterocycles. The highest BCUT2D eigenvalue weighted by Gasteiger charge is 2.28. The summed E-state index contributed by atoms with van der Waals surface area (Å²) in [5, 5.41) is 9.94. The van der Waals surface area contributed by atoms with Crippen LogP contribution in [-0.4, -0.2) is 16.0 Å². The first-order valence-corrected chi connectivity index (χ1v) is 12.2. The zero-order chi connectivity index (χ0) is 24.8. The average Bonchev–Trinajstić information content (AvgIpc) is 2.88. The largest absolute Gasteiger partial charge is 0.481 e. The lowest BCUT2D eigenvalue weighted by atomic mass is 9.93. The van der Waals surface area contributed by atoms with E-state index in [1.54, 1.807) is 0 Å². The first kappa shape index (κ1) is 24.4. The number of aliphatic carboxylic acids is 1. The highest BCUT2D eigenvalue weighted by Crippen LogP contribution is 2.36. The van der Waals surface area contributed by atoms with Gasteiger partial charge in [0.05, 0.1) is 6.42 Å². The fraction of sp³-hybridized carbons (Fsp3) is 0.219. The third kappa shape index (κ3) is 6.06. The van der Waals surface area contributed by atoms with Crippen LogP contribution in [0.15, 0.2) is 103 Å². The van der Waals surface area contributed by atoms with E-state index < -0.39 is 5.97 Å². The Bertz CT molecular complexity index is 1270. The predicted molar refractivity (Wildman–Crippen MR) is 143 cm³/mol. The number of nitrogens with zero attached hydrogens (tertiary/aromatic N) is 1. The van der Waals surface area contributed by atoms with Crippen LogP contribution < -0.4 is 0 Å². The Morgan fingerprint density at radius 2 is 1.37 bits per heavy atom. The molecule has 0 heterocycles. The van der Waals surface area contributed by atoms with Crippen molar-refractivity contribution >= 4 is 5.97 Å². The van der Waals surface area contributed by atoms with Crippen molar-refractivity contribution in [1.29, 1.82) is 0 Å². The minimum absolute atomic E-state index is 0.0282. The number of benzene rings is 4. The van der Waals surface area contributed by atoms with Crippen molar-refractivity contribution in [3.63, 3.8) is 0 Å². The lowest BCUT2D eigenvalue weighted by Gasteiger charge is -2.37. The molecule has 3 nitrogen and oxygen atoms in total. The van der Waals surface area contributed by atoms with Gasteiger partial charge in [0.15, 0.2) is 0 Å². The van der Waals surface area contributed by atoms with Gasteiger partial charge in [-0.1, -0.05) is 97.1 Å². The minimum Gasteiger partial charge on any atom is -0.481 e. The molecule has 0 radical (unpaired) electrons. The Hall–Kier alpha value is -3.69. The van der Waals surface area contributed by atoms with Gasteiger partial charge in [-0.3, -0.25) is 9.69 Å². The molecule has 0 fully saturated rings. The highest BCUT2D eigenvalue weighted by atomic mass is 16.4. The van der Waals surface area contributed by atoms with Crippen molar-refractivity contribution in [3.8, 4) is 11.1 Å².